The average molecular weight is 590 g/mol. The smallest absolute Gasteiger partial charge is 0.256 e. The SMILES string of the molecule is Cc1[nH]c(/C=C2\C(=O)Nc3ccc(S(=O)Cc4c(Cl)cccc4Cl)cc32)c(C)c1C(=O)N1CCC(N)CC1.O. The Hall–Kier alpha value is -2.95. The number of hydrogen-bond donors (Lipinski definition) is 3. The molecule has 2 aliphatic rings. The van der Waals surface area contributed by atoms with Gasteiger partial charge >= 0.3 is 0 Å². The number of carbonyl (C=O) groups is 2. The van der Waals surface area contributed by atoms with Crippen molar-refractivity contribution in [1.82, 2.24) is 9.88 Å². The number of carbonyl (C=O) groups excluding carboxylic acids is 2. The van der Waals surface area contributed by atoms with Crippen molar-refractivity contribution < 1.29 is 19.3 Å². The van der Waals surface area contributed by atoms with Crippen molar-refractivity contribution in [1.29, 1.82) is 0 Å². The highest BCUT2D eigenvalue weighted by molar-refractivity contribution is 7.84. The molecule has 1 fully saturated rings. The van der Waals surface area contributed by atoms with Crippen molar-refractivity contribution in [2.24, 2.45) is 5.73 Å². The number of piperidine rings is 1. The van der Waals surface area contributed by atoms with Crippen LogP contribution in [0.2, 0.25) is 10.0 Å². The molecule has 1 unspecified atom stereocenters. The maximum Gasteiger partial charge on any atom is 0.256 e. The fourth-order valence-corrected chi connectivity index (χ4v) is 6.88. The van der Waals surface area contributed by atoms with Crippen molar-refractivity contribution in [2.45, 2.75) is 43.4 Å². The summed E-state index contributed by atoms with van der Waals surface area (Å²) in [5, 5.41) is 3.79. The number of likely N-dealkylation sites (tertiary alicyclic amines) is 1. The van der Waals surface area contributed by atoms with Crippen LogP contribution in [0.5, 0.6) is 0 Å². The molecule has 3 aromatic rings. The van der Waals surface area contributed by atoms with E-state index < -0.39 is 10.8 Å². The van der Waals surface area contributed by atoms with Crippen LogP contribution in [0.1, 0.15) is 51.3 Å². The van der Waals surface area contributed by atoms with Gasteiger partial charge < -0.3 is 26.4 Å². The van der Waals surface area contributed by atoms with Crippen LogP contribution in [0, 0.1) is 13.8 Å². The molecular weight excluding hydrogens is 559 g/mol. The number of aromatic amines is 1. The molecule has 2 aromatic carbocycles. The first-order chi connectivity index (χ1) is 18.1. The van der Waals surface area contributed by atoms with Gasteiger partial charge in [-0.3, -0.25) is 13.8 Å². The molecule has 206 valence electrons. The Balaban J connectivity index is 0.00000353. The number of benzene rings is 2. The van der Waals surface area contributed by atoms with Gasteiger partial charge in [0.05, 0.1) is 27.7 Å². The zero-order chi connectivity index (χ0) is 27.1. The maximum atomic E-state index is 13.3. The summed E-state index contributed by atoms with van der Waals surface area (Å²) in [4.78, 5) is 31.9. The monoisotopic (exact) mass is 588 g/mol. The molecule has 0 aliphatic carbocycles. The zero-order valence-electron chi connectivity index (χ0n) is 21.6. The highest BCUT2D eigenvalue weighted by Gasteiger charge is 2.29. The largest absolute Gasteiger partial charge is 0.412 e. The molecule has 0 radical (unpaired) electrons. The molecule has 2 aliphatic heterocycles. The molecule has 11 heteroatoms. The predicted octanol–water partition coefficient (Wildman–Crippen LogP) is 4.48. The van der Waals surface area contributed by atoms with E-state index in [0.29, 0.717) is 61.7 Å². The van der Waals surface area contributed by atoms with Gasteiger partial charge in [-0.2, -0.15) is 0 Å². The molecule has 1 aromatic heterocycles. The van der Waals surface area contributed by atoms with E-state index in [1.165, 1.54) is 0 Å². The van der Waals surface area contributed by atoms with E-state index in [1.807, 2.05) is 18.7 Å². The lowest BCUT2D eigenvalue weighted by molar-refractivity contribution is -0.110. The summed E-state index contributed by atoms with van der Waals surface area (Å²) < 4.78 is 13.2. The number of amides is 2. The van der Waals surface area contributed by atoms with E-state index in [9.17, 15) is 13.8 Å². The minimum atomic E-state index is -1.44. The topological polar surface area (TPSA) is 140 Å². The van der Waals surface area contributed by atoms with Gasteiger partial charge in [-0.05, 0) is 68.7 Å². The number of fused-ring (bicyclic) bond motifs is 1. The summed E-state index contributed by atoms with van der Waals surface area (Å²) in [5.74, 6) is -0.138. The third kappa shape index (κ3) is 5.69. The number of H-pyrrole nitrogens is 1. The highest BCUT2D eigenvalue weighted by Crippen LogP contribution is 2.36. The number of nitrogens with two attached hydrogens (primary N) is 1. The molecule has 1 atom stereocenters. The Bertz CT molecular complexity index is 1490. The summed E-state index contributed by atoms with van der Waals surface area (Å²) >= 11 is 12.6. The Kier molecular flexibility index (Phi) is 8.68. The van der Waals surface area contributed by atoms with E-state index in [2.05, 4.69) is 10.3 Å². The lowest BCUT2D eigenvalue weighted by Crippen LogP contribution is -2.43. The van der Waals surface area contributed by atoms with Crippen LogP contribution in [0.15, 0.2) is 41.3 Å². The molecule has 2 amide bonds. The Morgan fingerprint density at radius 2 is 1.82 bits per heavy atom. The Labute approximate surface area is 239 Å². The van der Waals surface area contributed by atoms with Crippen molar-refractivity contribution >= 4 is 63.2 Å². The van der Waals surface area contributed by atoms with E-state index in [4.69, 9.17) is 28.9 Å². The second-order valence-electron chi connectivity index (χ2n) is 9.70. The second kappa shape index (κ2) is 11.7. The number of aromatic nitrogens is 1. The van der Waals surface area contributed by atoms with Gasteiger partial charge in [0, 0.05) is 62.3 Å². The van der Waals surface area contributed by atoms with Crippen LogP contribution in [-0.4, -0.2) is 50.5 Å². The number of nitrogens with zero attached hydrogens (tertiary/aromatic N) is 1. The lowest BCUT2D eigenvalue weighted by Gasteiger charge is -2.30. The standard InChI is InChI=1S/C28H28Cl2N4O3S.H2O/c1-15-25(32-16(2)26(15)28(36)34-10-8-17(31)9-11-34)13-20-19-12-18(6-7-24(19)33-27(20)35)38(37)14-21-22(29)4-3-5-23(21)30;/h3-7,12-13,17,32H,8-11,14,31H2,1-2H3,(H,33,35);1H2/b20-13-;. The summed E-state index contributed by atoms with van der Waals surface area (Å²) in [6.45, 7) is 5.01. The second-order valence-corrected chi connectivity index (χ2v) is 12.0. The molecule has 6 N–H and O–H groups in total. The normalized spacial score (nSPS) is 17.1. The third-order valence-corrected chi connectivity index (χ3v) is 9.22. The minimum Gasteiger partial charge on any atom is -0.412 e. The summed E-state index contributed by atoms with van der Waals surface area (Å²) in [6.07, 6.45) is 3.33. The van der Waals surface area contributed by atoms with Crippen LogP contribution in [0.25, 0.3) is 11.6 Å². The van der Waals surface area contributed by atoms with Crippen LogP contribution in [-0.2, 0) is 21.3 Å². The van der Waals surface area contributed by atoms with Crippen molar-refractivity contribution in [3.63, 3.8) is 0 Å². The quantitative estimate of drug-likeness (QED) is 0.378. The zero-order valence-corrected chi connectivity index (χ0v) is 23.9. The summed E-state index contributed by atoms with van der Waals surface area (Å²) in [7, 11) is -1.44. The first-order valence-corrected chi connectivity index (χ1v) is 14.4. The highest BCUT2D eigenvalue weighted by atomic mass is 35.5. The molecule has 3 heterocycles. The minimum absolute atomic E-state index is 0. The lowest BCUT2D eigenvalue weighted by atomic mass is 10.0. The number of hydrogen-bond acceptors (Lipinski definition) is 4. The van der Waals surface area contributed by atoms with Crippen molar-refractivity contribution in [2.75, 3.05) is 18.4 Å². The summed E-state index contributed by atoms with van der Waals surface area (Å²) in [6, 6.07) is 10.5. The fraction of sp³-hybridized carbons (Fsp3) is 0.286. The Morgan fingerprint density at radius 3 is 2.49 bits per heavy atom. The summed E-state index contributed by atoms with van der Waals surface area (Å²) in [5.41, 5.74) is 11.2. The van der Waals surface area contributed by atoms with E-state index in [0.717, 1.165) is 24.1 Å². The van der Waals surface area contributed by atoms with E-state index >= 15 is 0 Å². The fourth-order valence-electron chi connectivity index (χ4n) is 4.98. The number of anilines is 1. The molecule has 39 heavy (non-hydrogen) atoms. The van der Waals surface area contributed by atoms with Crippen LogP contribution in [0.3, 0.4) is 0 Å². The molecular formula is C28H30Cl2N4O4S. The molecule has 0 saturated carbocycles. The van der Waals surface area contributed by atoms with Crippen LogP contribution >= 0.6 is 23.2 Å². The number of halogens is 2. The molecule has 0 bridgehead atoms. The van der Waals surface area contributed by atoms with Crippen molar-refractivity contribution in [3.8, 4) is 0 Å². The van der Waals surface area contributed by atoms with Gasteiger partial charge in [0.15, 0.2) is 0 Å². The molecule has 0 spiro atoms. The number of rotatable bonds is 5. The Morgan fingerprint density at radius 1 is 1.15 bits per heavy atom. The molecule has 1 saturated heterocycles. The van der Waals surface area contributed by atoms with Gasteiger partial charge in [0.1, 0.15) is 0 Å². The first-order valence-electron chi connectivity index (χ1n) is 12.4. The predicted molar refractivity (Wildman–Crippen MR) is 157 cm³/mol. The van der Waals surface area contributed by atoms with Crippen molar-refractivity contribution in [3.05, 3.63) is 80.1 Å². The van der Waals surface area contributed by atoms with Gasteiger partial charge in [0.2, 0.25) is 0 Å². The van der Waals surface area contributed by atoms with Gasteiger partial charge in [0.25, 0.3) is 11.8 Å². The van der Waals surface area contributed by atoms with E-state index in [1.54, 1.807) is 42.5 Å². The molecule has 5 rings (SSSR count). The average Bonchev–Trinajstić information content (AvgIpc) is 3.35. The van der Waals surface area contributed by atoms with Gasteiger partial charge in [-0.25, -0.2) is 0 Å². The third-order valence-electron chi connectivity index (χ3n) is 7.18. The van der Waals surface area contributed by atoms with Gasteiger partial charge in [-0.15, -0.1) is 0 Å². The van der Waals surface area contributed by atoms with Gasteiger partial charge in [-0.1, -0.05) is 29.3 Å². The number of aryl methyl sites for hydroxylation is 1. The maximum absolute atomic E-state index is 13.3. The van der Waals surface area contributed by atoms with E-state index in [-0.39, 0.29) is 29.1 Å². The first kappa shape index (κ1) is 29.0. The van der Waals surface area contributed by atoms with Crippen LogP contribution < -0.4 is 11.1 Å². The molecule has 8 nitrogen and oxygen atoms in total. The van der Waals surface area contributed by atoms with Crippen LogP contribution in [0.4, 0.5) is 5.69 Å². The number of nitrogens with one attached hydrogen (secondary N) is 2.